The summed E-state index contributed by atoms with van der Waals surface area (Å²) in [6, 6.07) is 17.5. The molecule has 1 aromatic heterocycles. The van der Waals surface area contributed by atoms with Crippen LogP contribution in [0.5, 0.6) is 0 Å². The number of aromatic amines is 1. The standard InChI is InChI=1S/C20H20N2O2/c1-14-6-8-15(9-7-14)12-19(23)21-11-10-17-13-16-4-2-3-5-18(16)22-20(17)24/h2-9,13H,10-12H2,1H3,(H,21,23)(H,22,24). The molecule has 3 rings (SSSR count). The highest BCUT2D eigenvalue weighted by Gasteiger charge is 2.05. The average molecular weight is 320 g/mol. The van der Waals surface area contributed by atoms with Crippen LogP contribution >= 0.6 is 0 Å². The predicted molar refractivity (Wildman–Crippen MR) is 96.2 cm³/mol. The van der Waals surface area contributed by atoms with Crippen LogP contribution in [0.3, 0.4) is 0 Å². The zero-order chi connectivity index (χ0) is 16.9. The highest BCUT2D eigenvalue weighted by atomic mass is 16.1. The Morgan fingerprint density at radius 2 is 1.83 bits per heavy atom. The second-order valence-corrected chi connectivity index (χ2v) is 5.97. The van der Waals surface area contributed by atoms with E-state index in [9.17, 15) is 9.59 Å². The van der Waals surface area contributed by atoms with Gasteiger partial charge >= 0.3 is 0 Å². The molecule has 24 heavy (non-hydrogen) atoms. The van der Waals surface area contributed by atoms with Crippen LogP contribution in [0.1, 0.15) is 16.7 Å². The summed E-state index contributed by atoms with van der Waals surface area (Å²) in [5, 5.41) is 3.88. The SMILES string of the molecule is Cc1ccc(CC(=O)NCCc2cc3ccccc3[nH]c2=O)cc1. The number of pyridine rings is 1. The van der Waals surface area contributed by atoms with Gasteiger partial charge < -0.3 is 10.3 Å². The molecule has 0 spiro atoms. The van der Waals surface area contributed by atoms with Crippen LogP contribution in [-0.4, -0.2) is 17.4 Å². The Hall–Kier alpha value is -2.88. The van der Waals surface area contributed by atoms with Crippen molar-refractivity contribution in [1.82, 2.24) is 10.3 Å². The minimum atomic E-state index is -0.0958. The molecule has 0 radical (unpaired) electrons. The number of amides is 1. The van der Waals surface area contributed by atoms with Crippen LogP contribution in [0.4, 0.5) is 0 Å². The molecule has 0 unspecified atom stereocenters. The van der Waals surface area contributed by atoms with Gasteiger partial charge in [-0.2, -0.15) is 0 Å². The summed E-state index contributed by atoms with van der Waals surface area (Å²) >= 11 is 0. The van der Waals surface area contributed by atoms with Crippen molar-refractivity contribution in [3.8, 4) is 0 Å². The van der Waals surface area contributed by atoms with E-state index in [-0.39, 0.29) is 11.5 Å². The molecule has 122 valence electrons. The molecule has 2 aromatic carbocycles. The van der Waals surface area contributed by atoms with Gasteiger partial charge in [-0.1, -0.05) is 48.0 Å². The first-order valence-corrected chi connectivity index (χ1v) is 8.05. The number of fused-ring (bicyclic) bond motifs is 1. The molecule has 0 atom stereocenters. The first-order valence-electron chi connectivity index (χ1n) is 8.05. The van der Waals surface area contributed by atoms with Gasteiger partial charge in [0.15, 0.2) is 0 Å². The van der Waals surface area contributed by atoms with Crippen LogP contribution in [0.25, 0.3) is 10.9 Å². The fourth-order valence-electron chi connectivity index (χ4n) is 2.67. The fourth-order valence-corrected chi connectivity index (χ4v) is 2.67. The van der Waals surface area contributed by atoms with E-state index < -0.39 is 0 Å². The van der Waals surface area contributed by atoms with E-state index in [0.29, 0.717) is 24.9 Å². The number of hydrogen-bond donors (Lipinski definition) is 2. The first kappa shape index (κ1) is 16.0. The summed E-state index contributed by atoms with van der Waals surface area (Å²) in [6.45, 7) is 2.47. The Bertz CT molecular complexity index is 911. The fraction of sp³-hybridized carbons (Fsp3) is 0.200. The Morgan fingerprint density at radius 1 is 1.08 bits per heavy atom. The lowest BCUT2D eigenvalue weighted by molar-refractivity contribution is -0.120. The number of carbonyl (C=O) groups is 1. The quantitative estimate of drug-likeness (QED) is 0.759. The lowest BCUT2D eigenvalue weighted by Crippen LogP contribution is -2.28. The molecule has 0 fully saturated rings. The predicted octanol–water partition coefficient (Wildman–Crippen LogP) is 2.74. The number of nitrogens with one attached hydrogen (secondary N) is 2. The number of aryl methyl sites for hydroxylation is 1. The van der Waals surface area contributed by atoms with Crippen molar-refractivity contribution in [1.29, 1.82) is 0 Å². The van der Waals surface area contributed by atoms with Gasteiger partial charge in [-0.25, -0.2) is 0 Å². The molecule has 0 saturated carbocycles. The van der Waals surface area contributed by atoms with Crippen LogP contribution < -0.4 is 10.9 Å². The van der Waals surface area contributed by atoms with Gasteiger partial charge in [0.25, 0.3) is 5.56 Å². The number of hydrogen-bond acceptors (Lipinski definition) is 2. The van der Waals surface area contributed by atoms with Gasteiger partial charge in [-0.05, 0) is 36.4 Å². The van der Waals surface area contributed by atoms with Crippen LogP contribution in [0.2, 0.25) is 0 Å². The summed E-state index contributed by atoms with van der Waals surface area (Å²) in [5.74, 6) is -0.0314. The molecule has 0 aliphatic rings. The Labute approximate surface area is 140 Å². The average Bonchev–Trinajstić information content (AvgIpc) is 2.57. The number of benzene rings is 2. The summed E-state index contributed by atoms with van der Waals surface area (Å²) in [4.78, 5) is 26.9. The van der Waals surface area contributed by atoms with Crippen molar-refractivity contribution in [3.63, 3.8) is 0 Å². The van der Waals surface area contributed by atoms with E-state index in [0.717, 1.165) is 16.5 Å². The summed E-state index contributed by atoms with van der Waals surface area (Å²) in [6.07, 6.45) is 0.869. The number of H-pyrrole nitrogens is 1. The van der Waals surface area contributed by atoms with E-state index in [1.165, 1.54) is 5.56 Å². The maximum Gasteiger partial charge on any atom is 0.251 e. The smallest absolute Gasteiger partial charge is 0.251 e. The molecule has 0 aliphatic heterocycles. The largest absolute Gasteiger partial charge is 0.355 e. The van der Waals surface area contributed by atoms with Gasteiger partial charge in [0.05, 0.1) is 6.42 Å². The second kappa shape index (κ2) is 7.13. The molecule has 1 heterocycles. The van der Waals surface area contributed by atoms with Gasteiger partial charge in [-0.3, -0.25) is 9.59 Å². The Kier molecular flexibility index (Phi) is 4.75. The highest BCUT2D eigenvalue weighted by Crippen LogP contribution is 2.10. The van der Waals surface area contributed by atoms with E-state index in [1.807, 2.05) is 61.5 Å². The summed E-state index contributed by atoms with van der Waals surface area (Å²) < 4.78 is 0. The van der Waals surface area contributed by atoms with E-state index in [1.54, 1.807) is 0 Å². The van der Waals surface area contributed by atoms with Gasteiger partial charge in [0.1, 0.15) is 0 Å². The molecular weight excluding hydrogens is 300 g/mol. The van der Waals surface area contributed by atoms with E-state index in [4.69, 9.17) is 0 Å². The van der Waals surface area contributed by atoms with E-state index in [2.05, 4.69) is 10.3 Å². The minimum Gasteiger partial charge on any atom is -0.355 e. The zero-order valence-electron chi connectivity index (χ0n) is 13.6. The maximum atomic E-state index is 12.1. The molecule has 1 amide bonds. The van der Waals surface area contributed by atoms with Gasteiger partial charge in [0, 0.05) is 17.6 Å². The van der Waals surface area contributed by atoms with E-state index >= 15 is 0 Å². The maximum absolute atomic E-state index is 12.1. The lowest BCUT2D eigenvalue weighted by Gasteiger charge is -2.06. The first-order chi connectivity index (χ1) is 11.6. The molecule has 0 aliphatic carbocycles. The molecule has 3 aromatic rings. The Balaban J connectivity index is 1.58. The van der Waals surface area contributed by atoms with Crippen molar-refractivity contribution in [2.45, 2.75) is 19.8 Å². The normalized spacial score (nSPS) is 10.7. The van der Waals surface area contributed by atoms with Crippen molar-refractivity contribution in [2.24, 2.45) is 0 Å². The molecular formula is C20H20N2O2. The van der Waals surface area contributed by atoms with Gasteiger partial charge in [0.2, 0.25) is 5.91 Å². The van der Waals surface area contributed by atoms with Gasteiger partial charge in [-0.15, -0.1) is 0 Å². The van der Waals surface area contributed by atoms with Crippen LogP contribution in [-0.2, 0) is 17.6 Å². The third kappa shape index (κ3) is 3.90. The number of para-hydroxylation sites is 1. The van der Waals surface area contributed by atoms with Crippen molar-refractivity contribution in [3.05, 3.63) is 81.6 Å². The zero-order valence-corrected chi connectivity index (χ0v) is 13.6. The highest BCUT2D eigenvalue weighted by molar-refractivity contribution is 5.79. The third-order valence-electron chi connectivity index (χ3n) is 4.03. The topological polar surface area (TPSA) is 62.0 Å². The molecule has 0 saturated heterocycles. The molecule has 4 heteroatoms. The number of rotatable bonds is 5. The van der Waals surface area contributed by atoms with Crippen molar-refractivity contribution < 1.29 is 4.79 Å². The number of carbonyl (C=O) groups excluding carboxylic acids is 1. The molecule has 4 nitrogen and oxygen atoms in total. The van der Waals surface area contributed by atoms with Crippen LogP contribution in [0, 0.1) is 6.92 Å². The molecule has 0 bridgehead atoms. The third-order valence-corrected chi connectivity index (χ3v) is 4.03. The molecule has 2 N–H and O–H groups in total. The number of aromatic nitrogens is 1. The second-order valence-electron chi connectivity index (χ2n) is 5.97. The monoisotopic (exact) mass is 320 g/mol. The Morgan fingerprint density at radius 3 is 2.62 bits per heavy atom. The summed E-state index contributed by atoms with van der Waals surface area (Å²) in [5.41, 5.74) is 3.58. The van der Waals surface area contributed by atoms with Crippen LogP contribution in [0.15, 0.2) is 59.4 Å². The van der Waals surface area contributed by atoms with Crippen molar-refractivity contribution in [2.75, 3.05) is 6.54 Å². The minimum absolute atomic E-state index is 0.0314. The lowest BCUT2D eigenvalue weighted by atomic mass is 10.1. The summed E-state index contributed by atoms with van der Waals surface area (Å²) in [7, 11) is 0. The van der Waals surface area contributed by atoms with Crippen molar-refractivity contribution >= 4 is 16.8 Å².